The van der Waals surface area contributed by atoms with Crippen molar-refractivity contribution in [1.82, 2.24) is 59.2 Å². The maximum Gasteiger partial charge on any atom is 0.248 e. The first-order valence-corrected chi connectivity index (χ1v) is 39.0. The molecule has 3 N–H and O–H groups in total. The van der Waals surface area contributed by atoms with E-state index in [0.717, 1.165) is 84.2 Å². The molecule has 0 bridgehead atoms. The minimum atomic E-state index is -0.719. The lowest BCUT2D eigenvalue weighted by molar-refractivity contribution is -0.142. The zero-order chi connectivity index (χ0) is 80.9. The SMILES string of the molecule is Cc1ncoc1-c1ccc(C(C)CC(=O)C2CC(O)CN2C(=O)C(C(C)C)n2cc(C(C)(C)C)cn2)cc1.Cc1ncoc1-c1ccc(CCC(=O)C2CC(O)CN2C(=O)C(C)n2cc(C(C)(C)C)cn2)cc1.Cc1nocc1-c1ccc(C(C)CC(=O)C2CC(O)CN2C(=O)C(C(C)C)n2cc(C(C)(C)C)cn2)cc1. The zero-order valence-electron chi connectivity index (χ0n) is 68.1. The molecule has 24 heteroatoms. The second-order valence-corrected chi connectivity index (χ2v) is 34.5. The fourth-order valence-electron chi connectivity index (χ4n) is 14.9. The number of nitrogens with zero attached hydrogens (tertiary/aromatic N) is 12. The van der Waals surface area contributed by atoms with Crippen LogP contribution in [0, 0.1) is 32.6 Å². The monoisotopic (exact) mass is 1520 g/mol. The number of aryl methyl sites for hydroxylation is 4. The summed E-state index contributed by atoms with van der Waals surface area (Å²) >= 11 is 0. The van der Waals surface area contributed by atoms with Crippen LogP contribution < -0.4 is 0 Å². The van der Waals surface area contributed by atoms with Crippen LogP contribution in [0.15, 0.2) is 142 Å². The Hall–Kier alpha value is -9.78. The largest absolute Gasteiger partial charge is 0.443 e. The van der Waals surface area contributed by atoms with E-state index < -0.39 is 54.6 Å². The molecule has 24 nitrogen and oxygen atoms in total. The summed E-state index contributed by atoms with van der Waals surface area (Å²) in [4.78, 5) is 94.1. The number of β-amino-alcohol motifs (C(OH)–C–C–N with tert-alkyl or cyclic N) is 3. The highest BCUT2D eigenvalue weighted by atomic mass is 16.5. The number of likely N-dealkylation sites (tertiary alicyclic amines) is 3. The van der Waals surface area contributed by atoms with Crippen molar-refractivity contribution in [2.45, 2.75) is 259 Å². The van der Waals surface area contributed by atoms with E-state index in [4.69, 9.17) is 13.4 Å². The van der Waals surface area contributed by atoms with Crippen molar-refractivity contribution in [2.24, 2.45) is 11.8 Å². The van der Waals surface area contributed by atoms with Crippen LogP contribution >= 0.6 is 0 Å². The number of Topliss-reactive ketones (excluding diaryl/α,β-unsaturated/α-hetero) is 3. The molecule has 0 spiro atoms. The lowest BCUT2D eigenvalue weighted by Gasteiger charge is -2.30. The van der Waals surface area contributed by atoms with Gasteiger partial charge in [-0.25, -0.2) is 9.97 Å². The summed E-state index contributed by atoms with van der Waals surface area (Å²) in [7, 11) is 0. The predicted molar refractivity (Wildman–Crippen MR) is 423 cm³/mol. The number of aliphatic hydroxyl groups is 3. The van der Waals surface area contributed by atoms with Gasteiger partial charge in [-0.3, -0.25) is 42.8 Å². The standard InChI is InChI=1S/2C30H40N4O4.C27H34N4O4/c1-18(2)28(34-15-23(14-31-34)30(5,6)7)29(37)33-16-24(35)13-26(33)27(36)12-19(3)21-8-10-22(11-9-21)25-17-38-32-20(25)4;1-18(2)27(34-15-23(14-32-34)30(5,6)7)29(37)33-16-24(35)13-25(33)26(36)12-19(3)21-8-10-22(11-9-21)28-20(4)31-17-38-28;1-17-25(35-16-28-17)20-9-6-19(7-10-20)8-11-24(33)23-12-22(32)15-30(23)26(34)18(2)31-14-21(13-29-31)27(3,4)5/h8-11,14-15,17-19,24,26,28,35H,12-13,16H2,1-7H3;8-11,14-15,17-19,24-25,27,35H,12-13,16H2,1-7H3;6-7,9-10,13-14,16,18,22-23,32H,8,11-12,15H2,1-5H3. The molecule has 0 radical (unpaired) electrons. The summed E-state index contributed by atoms with van der Waals surface area (Å²) < 4.78 is 21.1. The third-order valence-electron chi connectivity index (χ3n) is 22.0. The first-order chi connectivity index (χ1) is 52.3. The van der Waals surface area contributed by atoms with Gasteiger partial charge in [-0.15, -0.1) is 0 Å². The van der Waals surface area contributed by atoms with Crippen LogP contribution in [0.4, 0.5) is 0 Å². The average molecular weight is 1520 g/mol. The molecule has 9 heterocycles. The highest BCUT2D eigenvalue weighted by Crippen LogP contribution is 2.37. The van der Waals surface area contributed by atoms with Gasteiger partial charge >= 0.3 is 0 Å². The maximum atomic E-state index is 13.8. The Morgan fingerprint density at radius 1 is 0.468 bits per heavy atom. The number of benzene rings is 3. The van der Waals surface area contributed by atoms with Gasteiger partial charge in [0, 0.05) is 93.4 Å². The molecule has 9 aromatic rings. The summed E-state index contributed by atoms with van der Waals surface area (Å²) in [5.74, 6) is 0.712. The number of aromatic nitrogens is 9. The van der Waals surface area contributed by atoms with Gasteiger partial charge in [0.05, 0.1) is 72.1 Å². The van der Waals surface area contributed by atoms with E-state index in [9.17, 15) is 44.1 Å². The second-order valence-electron chi connectivity index (χ2n) is 34.5. The lowest BCUT2D eigenvalue weighted by Crippen LogP contribution is -2.45. The molecule has 0 aliphatic carbocycles. The van der Waals surface area contributed by atoms with E-state index in [2.05, 4.69) is 92.7 Å². The normalized spacial score (nSPS) is 19.5. The molecule has 12 rings (SSSR count). The van der Waals surface area contributed by atoms with Crippen molar-refractivity contribution in [3.63, 3.8) is 0 Å². The van der Waals surface area contributed by atoms with Gasteiger partial charge in [0.1, 0.15) is 24.4 Å². The van der Waals surface area contributed by atoms with E-state index in [1.807, 2.05) is 160 Å². The molecule has 0 saturated carbocycles. The van der Waals surface area contributed by atoms with Crippen LogP contribution in [0.25, 0.3) is 33.8 Å². The first kappa shape index (κ1) is 83.7. The topological polar surface area (TPSA) is 304 Å². The lowest BCUT2D eigenvalue weighted by atomic mass is 9.90. The van der Waals surface area contributed by atoms with Gasteiger partial charge in [0.15, 0.2) is 41.7 Å². The second kappa shape index (κ2) is 34.9. The predicted octanol–water partition coefficient (Wildman–Crippen LogP) is 14.0. The summed E-state index contributed by atoms with van der Waals surface area (Å²) in [6.07, 6.45) is 15.7. The highest BCUT2D eigenvalue weighted by molar-refractivity contribution is 5.93. The molecule has 3 saturated heterocycles. The Morgan fingerprint density at radius 2 is 0.829 bits per heavy atom. The molecular formula is C87H114N12O12. The van der Waals surface area contributed by atoms with Gasteiger partial charge in [0.2, 0.25) is 17.7 Å². The van der Waals surface area contributed by atoms with Crippen LogP contribution in [-0.2, 0) is 51.4 Å². The minimum Gasteiger partial charge on any atom is -0.443 e. The van der Waals surface area contributed by atoms with Crippen molar-refractivity contribution in [3.05, 3.63) is 179 Å². The molecule has 111 heavy (non-hydrogen) atoms. The van der Waals surface area contributed by atoms with Crippen molar-refractivity contribution < 1.29 is 57.4 Å². The fourth-order valence-corrected chi connectivity index (χ4v) is 14.9. The van der Waals surface area contributed by atoms with Gasteiger partial charge in [-0.1, -0.05) is 182 Å². The van der Waals surface area contributed by atoms with Crippen molar-refractivity contribution in [2.75, 3.05) is 19.6 Å². The van der Waals surface area contributed by atoms with Crippen molar-refractivity contribution in [3.8, 4) is 33.8 Å². The van der Waals surface area contributed by atoms with Gasteiger partial charge in [-0.05, 0) is 113 Å². The molecule has 3 aliphatic heterocycles. The number of amides is 3. The van der Waals surface area contributed by atoms with Crippen LogP contribution in [0.5, 0.6) is 0 Å². The van der Waals surface area contributed by atoms with E-state index >= 15 is 0 Å². The maximum absolute atomic E-state index is 13.8. The number of carbonyl (C=O) groups excluding carboxylic acids is 6. The van der Waals surface area contributed by atoms with Crippen LogP contribution in [-0.4, -0.2) is 166 Å². The van der Waals surface area contributed by atoms with E-state index in [1.54, 1.807) is 49.4 Å². The Bertz CT molecular complexity index is 4450. The molecule has 6 aromatic heterocycles. The van der Waals surface area contributed by atoms with E-state index in [-0.39, 0.29) is 127 Å². The minimum absolute atomic E-state index is 0.0280. The Labute approximate surface area is 652 Å². The van der Waals surface area contributed by atoms with Crippen molar-refractivity contribution in [1.29, 1.82) is 0 Å². The summed E-state index contributed by atoms with van der Waals surface area (Å²) in [6, 6.07) is 20.3. The highest BCUT2D eigenvalue weighted by Gasteiger charge is 2.46. The Morgan fingerprint density at radius 3 is 1.18 bits per heavy atom. The summed E-state index contributed by atoms with van der Waals surface area (Å²) in [5.41, 5.74) is 12.3. The molecule has 594 valence electrons. The number of oxazole rings is 2. The molecule has 11 atom stereocenters. The Balaban J connectivity index is 0.000000177. The molecule has 3 amide bonds. The summed E-state index contributed by atoms with van der Waals surface area (Å²) in [5, 5.41) is 48.6. The molecule has 3 fully saturated rings. The van der Waals surface area contributed by atoms with Crippen LogP contribution in [0.1, 0.15) is 230 Å². The molecule has 3 aliphatic rings. The fraction of sp³-hybridized carbons (Fsp3) is 0.517. The third kappa shape index (κ3) is 19.9. The number of ketones is 3. The molecule has 3 aromatic carbocycles. The third-order valence-corrected chi connectivity index (χ3v) is 22.0. The van der Waals surface area contributed by atoms with Gasteiger partial charge in [0.25, 0.3) is 0 Å². The smallest absolute Gasteiger partial charge is 0.248 e. The van der Waals surface area contributed by atoms with E-state index in [0.29, 0.717) is 12.8 Å². The van der Waals surface area contributed by atoms with E-state index in [1.165, 1.54) is 17.7 Å². The number of carbonyl (C=O) groups is 6. The molecular weight excluding hydrogens is 1410 g/mol. The number of rotatable bonds is 23. The number of hydrogen-bond donors (Lipinski definition) is 3. The number of hydrogen-bond acceptors (Lipinski definition) is 18. The zero-order valence-corrected chi connectivity index (χ0v) is 68.1. The summed E-state index contributed by atoms with van der Waals surface area (Å²) in [6.45, 7) is 38.8. The van der Waals surface area contributed by atoms with Gasteiger partial charge in [-0.2, -0.15) is 15.3 Å². The number of aliphatic hydroxyl groups excluding tert-OH is 3. The van der Waals surface area contributed by atoms with Crippen LogP contribution in [0.2, 0.25) is 0 Å². The van der Waals surface area contributed by atoms with Gasteiger partial charge < -0.3 is 43.4 Å². The Kier molecular flexibility index (Phi) is 26.3. The average Bonchev–Trinajstić information content (AvgIpc) is 1.67. The first-order valence-electron chi connectivity index (χ1n) is 39.0. The van der Waals surface area contributed by atoms with Crippen molar-refractivity contribution >= 4 is 35.1 Å². The quantitative estimate of drug-likeness (QED) is 0.0536. The van der Waals surface area contributed by atoms with Crippen LogP contribution in [0.3, 0.4) is 0 Å². The molecule has 11 unspecified atom stereocenters.